The number of aromatic nitrogens is 2. The number of aryl methyl sites for hydroxylation is 1. The van der Waals surface area contributed by atoms with Crippen molar-refractivity contribution in [3.05, 3.63) is 71.6 Å². The minimum absolute atomic E-state index is 0.127. The van der Waals surface area contributed by atoms with Crippen LogP contribution in [0.2, 0.25) is 0 Å². The molecule has 0 aliphatic carbocycles. The van der Waals surface area contributed by atoms with Gasteiger partial charge in [-0.2, -0.15) is 0 Å². The number of benzene rings is 2. The lowest BCUT2D eigenvalue weighted by Gasteiger charge is -2.34. The lowest BCUT2D eigenvalue weighted by atomic mass is 10.1. The number of amides is 1. The fraction of sp³-hybridized carbons (Fsp3) is 0.318. The van der Waals surface area contributed by atoms with Gasteiger partial charge < -0.3 is 9.32 Å². The Morgan fingerprint density at radius 3 is 2.43 bits per heavy atom. The van der Waals surface area contributed by atoms with E-state index in [1.54, 1.807) is 0 Å². The molecule has 0 saturated carbocycles. The summed E-state index contributed by atoms with van der Waals surface area (Å²) in [6.45, 7) is 6.04. The predicted octanol–water partition coefficient (Wildman–Crippen LogP) is 3.05. The van der Waals surface area contributed by atoms with E-state index in [2.05, 4.69) is 15.1 Å². The summed E-state index contributed by atoms with van der Waals surface area (Å²) in [5.74, 6) is 1.34. The molecule has 3 aromatic rings. The standard InChI is InChI=1S/C22H24N4O2/c1-17-7-5-6-10-19(17)22(27)26-15-13-25(14-16-26)12-11-20-23-24-21(28-20)18-8-3-2-4-9-18/h2-10H,11-16H2,1H3. The van der Waals surface area contributed by atoms with Gasteiger partial charge in [0.05, 0.1) is 0 Å². The molecule has 4 rings (SSSR count). The van der Waals surface area contributed by atoms with E-state index in [0.717, 1.165) is 49.4 Å². The van der Waals surface area contributed by atoms with Crippen LogP contribution in [0.3, 0.4) is 0 Å². The average molecular weight is 376 g/mol. The van der Waals surface area contributed by atoms with E-state index in [1.165, 1.54) is 0 Å². The van der Waals surface area contributed by atoms with Gasteiger partial charge in [0.15, 0.2) is 0 Å². The minimum Gasteiger partial charge on any atom is -0.421 e. The van der Waals surface area contributed by atoms with Gasteiger partial charge in [-0.25, -0.2) is 0 Å². The van der Waals surface area contributed by atoms with E-state index in [-0.39, 0.29) is 5.91 Å². The Balaban J connectivity index is 1.28. The van der Waals surface area contributed by atoms with E-state index in [4.69, 9.17) is 4.42 Å². The lowest BCUT2D eigenvalue weighted by Crippen LogP contribution is -2.49. The molecular formula is C22H24N4O2. The highest BCUT2D eigenvalue weighted by Gasteiger charge is 2.23. The number of hydrogen-bond donors (Lipinski definition) is 0. The van der Waals surface area contributed by atoms with Crippen LogP contribution in [0.4, 0.5) is 0 Å². The Morgan fingerprint density at radius 2 is 1.68 bits per heavy atom. The zero-order valence-corrected chi connectivity index (χ0v) is 16.0. The molecule has 0 bridgehead atoms. The molecule has 0 spiro atoms. The second kappa shape index (κ2) is 8.35. The first-order valence-electron chi connectivity index (χ1n) is 9.66. The topological polar surface area (TPSA) is 62.5 Å². The maximum absolute atomic E-state index is 12.7. The zero-order valence-electron chi connectivity index (χ0n) is 16.0. The van der Waals surface area contributed by atoms with Crippen LogP contribution < -0.4 is 0 Å². The van der Waals surface area contributed by atoms with Gasteiger partial charge in [0, 0.05) is 50.3 Å². The SMILES string of the molecule is Cc1ccccc1C(=O)N1CCN(CCc2nnc(-c3ccccc3)o2)CC1. The Morgan fingerprint density at radius 1 is 0.964 bits per heavy atom. The van der Waals surface area contributed by atoms with Crippen molar-refractivity contribution < 1.29 is 9.21 Å². The fourth-order valence-corrected chi connectivity index (χ4v) is 3.46. The third-order valence-electron chi connectivity index (χ3n) is 5.16. The molecule has 1 aromatic heterocycles. The van der Waals surface area contributed by atoms with Gasteiger partial charge in [0.1, 0.15) is 0 Å². The molecule has 2 aromatic carbocycles. The van der Waals surface area contributed by atoms with E-state index in [0.29, 0.717) is 18.2 Å². The summed E-state index contributed by atoms with van der Waals surface area (Å²) in [7, 11) is 0. The molecule has 6 heteroatoms. The molecule has 0 atom stereocenters. The molecule has 144 valence electrons. The van der Waals surface area contributed by atoms with Crippen molar-refractivity contribution in [3.8, 4) is 11.5 Å². The van der Waals surface area contributed by atoms with Crippen molar-refractivity contribution in [3.63, 3.8) is 0 Å². The van der Waals surface area contributed by atoms with Gasteiger partial charge >= 0.3 is 0 Å². The third kappa shape index (κ3) is 4.12. The second-order valence-electron chi connectivity index (χ2n) is 7.07. The van der Waals surface area contributed by atoms with Crippen molar-refractivity contribution in [2.75, 3.05) is 32.7 Å². The second-order valence-corrected chi connectivity index (χ2v) is 7.07. The van der Waals surface area contributed by atoms with Crippen LogP contribution in [0, 0.1) is 6.92 Å². The van der Waals surface area contributed by atoms with Crippen molar-refractivity contribution >= 4 is 5.91 Å². The normalized spacial score (nSPS) is 15.0. The largest absolute Gasteiger partial charge is 0.421 e. The first-order valence-corrected chi connectivity index (χ1v) is 9.66. The van der Waals surface area contributed by atoms with Crippen LogP contribution >= 0.6 is 0 Å². The van der Waals surface area contributed by atoms with Crippen LogP contribution in [-0.4, -0.2) is 58.6 Å². The van der Waals surface area contributed by atoms with Crippen molar-refractivity contribution in [1.82, 2.24) is 20.0 Å². The van der Waals surface area contributed by atoms with Crippen LogP contribution in [-0.2, 0) is 6.42 Å². The smallest absolute Gasteiger partial charge is 0.254 e. The van der Waals surface area contributed by atoms with Gasteiger partial charge in [-0.05, 0) is 30.7 Å². The average Bonchev–Trinajstić information content (AvgIpc) is 3.22. The highest BCUT2D eigenvalue weighted by atomic mass is 16.4. The summed E-state index contributed by atoms with van der Waals surface area (Å²) >= 11 is 0. The lowest BCUT2D eigenvalue weighted by molar-refractivity contribution is 0.0636. The molecule has 28 heavy (non-hydrogen) atoms. The number of hydrogen-bond acceptors (Lipinski definition) is 5. The molecule has 1 aliphatic rings. The van der Waals surface area contributed by atoms with Crippen molar-refractivity contribution in [2.45, 2.75) is 13.3 Å². The number of piperazine rings is 1. The number of rotatable bonds is 5. The molecule has 0 N–H and O–H groups in total. The molecule has 0 radical (unpaired) electrons. The summed E-state index contributed by atoms with van der Waals surface area (Å²) in [5, 5.41) is 8.30. The quantitative estimate of drug-likeness (QED) is 0.685. The van der Waals surface area contributed by atoms with Crippen LogP contribution in [0.1, 0.15) is 21.8 Å². The Hall–Kier alpha value is -2.99. The molecule has 1 aliphatic heterocycles. The van der Waals surface area contributed by atoms with Gasteiger partial charge in [-0.1, -0.05) is 36.4 Å². The summed E-state index contributed by atoms with van der Waals surface area (Å²) in [6, 6.07) is 17.6. The summed E-state index contributed by atoms with van der Waals surface area (Å²) in [4.78, 5) is 17.0. The zero-order chi connectivity index (χ0) is 19.3. The summed E-state index contributed by atoms with van der Waals surface area (Å²) in [6.07, 6.45) is 0.714. The van der Waals surface area contributed by atoms with Crippen molar-refractivity contribution in [2.24, 2.45) is 0 Å². The molecular weight excluding hydrogens is 352 g/mol. The maximum Gasteiger partial charge on any atom is 0.254 e. The van der Waals surface area contributed by atoms with E-state index in [9.17, 15) is 4.79 Å². The summed E-state index contributed by atoms with van der Waals surface area (Å²) in [5.41, 5.74) is 2.76. The molecule has 1 saturated heterocycles. The Bertz CT molecular complexity index is 930. The maximum atomic E-state index is 12.7. The number of carbonyl (C=O) groups excluding carboxylic acids is 1. The van der Waals surface area contributed by atoms with E-state index in [1.807, 2.05) is 66.4 Å². The van der Waals surface area contributed by atoms with Gasteiger partial charge in [0.25, 0.3) is 5.91 Å². The molecule has 6 nitrogen and oxygen atoms in total. The van der Waals surface area contributed by atoms with E-state index < -0.39 is 0 Å². The Kier molecular flexibility index (Phi) is 5.48. The molecule has 2 heterocycles. The van der Waals surface area contributed by atoms with Crippen LogP contribution in [0.5, 0.6) is 0 Å². The van der Waals surface area contributed by atoms with Gasteiger partial charge in [-0.15, -0.1) is 10.2 Å². The highest BCUT2D eigenvalue weighted by molar-refractivity contribution is 5.95. The van der Waals surface area contributed by atoms with Gasteiger partial charge in [-0.3, -0.25) is 9.69 Å². The fourth-order valence-electron chi connectivity index (χ4n) is 3.46. The van der Waals surface area contributed by atoms with Crippen LogP contribution in [0.25, 0.3) is 11.5 Å². The minimum atomic E-state index is 0.127. The van der Waals surface area contributed by atoms with E-state index >= 15 is 0 Å². The first kappa shape index (κ1) is 18.4. The van der Waals surface area contributed by atoms with Crippen molar-refractivity contribution in [1.29, 1.82) is 0 Å². The molecule has 1 fully saturated rings. The first-order chi connectivity index (χ1) is 13.7. The van der Waals surface area contributed by atoms with Crippen LogP contribution in [0.15, 0.2) is 59.0 Å². The highest BCUT2D eigenvalue weighted by Crippen LogP contribution is 2.17. The predicted molar refractivity (Wildman–Crippen MR) is 107 cm³/mol. The van der Waals surface area contributed by atoms with Gasteiger partial charge in [0.2, 0.25) is 11.8 Å². The molecule has 1 amide bonds. The molecule has 0 unspecified atom stereocenters. The third-order valence-corrected chi connectivity index (χ3v) is 5.16. The monoisotopic (exact) mass is 376 g/mol. The number of nitrogens with zero attached hydrogens (tertiary/aromatic N) is 4. The summed E-state index contributed by atoms with van der Waals surface area (Å²) < 4.78 is 5.78. The Labute approximate surface area is 164 Å². The number of carbonyl (C=O) groups is 1.